The Morgan fingerprint density at radius 2 is 2.08 bits per heavy atom. The topological polar surface area (TPSA) is 89.0 Å². The van der Waals surface area contributed by atoms with Gasteiger partial charge in [-0.15, -0.1) is 23.7 Å². The number of ether oxygens (including phenoxy) is 2. The van der Waals surface area contributed by atoms with Gasteiger partial charge in [0.1, 0.15) is 9.88 Å². The number of carboxylic acids is 1. The highest BCUT2D eigenvalue weighted by Gasteiger charge is 2.32. The van der Waals surface area contributed by atoms with Crippen LogP contribution in [0, 0.1) is 5.92 Å². The van der Waals surface area contributed by atoms with Crippen molar-refractivity contribution in [2.24, 2.45) is 5.92 Å². The zero-order chi connectivity index (χ0) is 16.7. The number of thiazole rings is 1. The molecule has 3 heterocycles. The zero-order valence-electron chi connectivity index (χ0n) is 13.0. The third-order valence-corrected chi connectivity index (χ3v) is 5.20. The number of hydrogen-bond donors (Lipinski definition) is 1. The highest BCUT2D eigenvalue weighted by atomic mass is 35.5. The number of carbonyl (C=O) groups is 2. The second-order valence-corrected chi connectivity index (χ2v) is 6.70. The molecule has 0 saturated carbocycles. The monoisotopic (exact) mass is 382 g/mol. The fourth-order valence-corrected chi connectivity index (χ4v) is 3.72. The van der Waals surface area contributed by atoms with Crippen LogP contribution in [0.4, 0.5) is 0 Å². The number of aliphatic carboxylic acids is 1. The summed E-state index contributed by atoms with van der Waals surface area (Å²) in [5, 5.41) is 9.76. The number of benzene rings is 1. The standard InChI is InChI=1S/C16H14N2O5S.ClH/c19-15(18-4-3-10(7-18)16(20)21)13-6-17-14(24-13)9-1-2-11-12(5-9)23-8-22-11;/h1-2,5-6,10H,3-4,7-8H2,(H,20,21);1H. The minimum atomic E-state index is -0.851. The van der Waals surface area contributed by atoms with Crippen molar-refractivity contribution in [2.75, 3.05) is 19.9 Å². The maximum Gasteiger partial charge on any atom is 0.308 e. The van der Waals surface area contributed by atoms with E-state index in [2.05, 4.69) is 4.98 Å². The molecule has 0 bridgehead atoms. The van der Waals surface area contributed by atoms with Gasteiger partial charge in [0.2, 0.25) is 6.79 Å². The first-order chi connectivity index (χ1) is 11.6. The molecule has 1 amide bonds. The molecule has 0 radical (unpaired) electrons. The molecule has 2 aliphatic heterocycles. The zero-order valence-corrected chi connectivity index (χ0v) is 14.6. The maximum absolute atomic E-state index is 12.5. The van der Waals surface area contributed by atoms with E-state index in [9.17, 15) is 9.59 Å². The number of halogens is 1. The first-order valence-corrected chi connectivity index (χ1v) is 8.31. The van der Waals surface area contributed by atoms with Gasteiger partial charge in [0.15, 0.2) is 11.5 Å². The van der Waals surface area contributed by atoms with Gasteiger partial charge < -0.3 is 19.5 Å². The molecule has 1 fully saturated rings. The van der Waals surface area contributed by atoms with E-state index in [1.165, 1.54) is 11.3 Å². The summed E-state index contributed by atoms with van der Waals surface area (Å²) >= 11 is 1.29. The maximum atomic E-state index is 12.5. The number of aromatic nitrogens is 1. The van der Waals surface area contributed by atoms with Crippen molar-refractivity contribution in [1.82, 2.24) is 9.88 Å². The second kappa shape index (κ2) is 6.89. The van der Waals surface area contributed by atoms with Gasteiger partial charge in [-0.25, -0.2) is 4.98 Å². The number of carbonyl (C=O) groups excluding carboxylic acids is 1. The Morgan fingerprint density at radius 1 is 1.28 bits per heavy atom. The van der Waals surface area contributed by atoms with Crippen LogP contribution in [0.5, 0.6) is 11.5 Å². The van der Waals surface area contributed by atoms with Crippen molar-refractivity contribution in [3.63, 3.8) is 0 Å². The lowest BCUT2D eigenvalue weighted by molar-refractivity contribution is -0.141. The largest absolute Gasteiger partial charge is 0.481 e. The average molecular weight is 383 g/mol. The molecule has 1 saturated heterocycles. The van der Waals surface area contributed by atoms with Gasteiger partial charge in [-0.2, -0.15) is 0 Å². The van der Waals surface area contributed by atoms with Crippen LogP contribution in [-0.4, -0.2) is 46.7 Å². The minimum Gasteiger partial charge on any atom is -0.481 e. The summed E-state index contributed by atoms with van der Waals surface area (Å²) in [5.74, 6) is -0.128. The molecule has 1 N–H and O–H groups in total. The van der Waals surface area contributed by atoms with E-state index in [0.717, 1.165) is 5.56 Å². The van der Waals surface area contributed by atoms with Crippen molar-refractivity contribution in [2.45, 2.75) is 6.42 Å². The molecule has 0 aliphatic carbocycles. The van der Waals surface area contributed by atoms with Gasteiger partial charge in [-0.1, -0.05) is 0 Å². The third kappa shape index (κ3) is 3.27. The molecule has 1 atom stereocenters. The van der Waals surface area contributed by atoms with Crippen molar-refractivity contribution >= 4 is 35.6 Å². The SMILES string of the molecule is Cl.O=C(O)C1CCN(C(=O)c2cnc(-c3ccc4c(c3)OCO4)s2)C1. The fourth-order valence-electron chi connectivity index (χ4n) is 2.84. The molecular formula is C16H15ClN2O5S. The Bertz CT molecular complexity index is 825. The first kappa shape index (κ1) is 17.5. The van der Waals surface area contributed by atoms with Crippen LogP contribution in [0.25, 0.3) is 10.6 Å². The summed E-state index contributed by atoms with van der Waals surface area (Å²) in [6, 6.07) is 5.53. The molecular weight excluding hydrogens is 368 g/mol. The van der Waals surface area contributed by atoms with Gasteiger partial charge in [-0.05, 0) is 24.6 Å². The van der Waals surface area contributed by atoms with Crippen molar-refractivity contribution in [3.8, 4) is 22.1 Å². The Hall–Kier alpha value is -2.32. The smallest absolute Gasteiger partial charge is 0.308 e. The van der Waals surface area contributed by atoms with Crippen molar-refractivity contribution in [3.05, 3.63) is 29.3 Å². The van der Waals surface area contributed by atoms with E-state index in [1.54, 1.807) is 11.1 Å². The fraction of sp³-hybridized carbons (Fsp3) is 0.312. The highest BCUT2D eigenvalue weighted by molar-refractivity contribution is 7.16. The Labute approximate surface area is 153 Å². The number of carboxylic acid groups (broad SMARTS) is 1. The van der Waals surface area contributed by atoms with Gasteiger partial charge in [0, 0.05) is 18.7 Å². The number of likely N-dealkylation sites (tertiary alicyclic amines) is 1. The summed E-state index contributed by atoms with van der Waals surface area (Å²) < 4.78 is 10.6. The molecule has 7 nitrogen and oxygen atoms in total. The van der Waals surface area contributed by atoms with Gasteiger partial charge in [-0.3, -0.25) is 9.59 Å². The van der Waals surface area contributed by atoms with E-state index in [1.807, 2.05) is 18.2 Å². The average Bonchev–Trinajstić information content (AvgIpc) is 3.31. The summed E-state index contributed by atoms with van der Waals surface area (Å²) in [7, 11) is 0. The van der Waals surface area contributed by atoms with Crippen LogP contribution in [0.15, 0.2) is 24.4 Å². The van der Waals surface area contributed by atoms with E-state index in [4.69, 9.17) is 14.6 Å². The summed E-state index contributed by atoms with van der Waals surface area (Å²) in [6.45, 7) is 0.929. The van der Waals surface area contributed by atoms with Crippen LogP contribution in [0.3, 0.4) is 0 Å². The molecule has 2 aromatic rings. The summed E-state index contributed by atoms with van der Waals surface area (Å²) in [4.78, 5) is 29.9. The number of amides is 1. The van der Waals surface area contributed by atoms with E-state index >= 15 is 0 Å². The van der Waals surface area contributed by atoms with E-state index in [-0.39, 0.29) is 31.7 Å². The number of nitrogens with zero attached hydrogens (tertiary/aromatic N) is 2. The molecule has 4 rings (SSSR count). The van der Waals surface area contributed by atoms with Crippen molar-refractivity contribution < 1.29 is 24.2 Å². The van der Waals surface area contributed by atoms with Gasteiger partial charge in [0.25, 0.3) is 5.91 Å². The van der Waals surface area contributed by atoms with Crippen LogP contribution in [0.1, 0.15) is 16.1 Å². The minimum absolute atomic E-state index is 0. The predicted octanol–water partition coefficient (Wildman–Crippen LogP) is 2.51. The Balaban J connectivity index is 0.00000182. The molecule has 1 unspecified atom stereocenters. The predicted molar refractivity (Wildman–Crippen MR) is 92.6 cm³/mol. The van der Waals surface area contributed by atoms with Crippen LogP contribution in [0.2, 0.25) is 0 Å². The van der Waals surface area contributed by atoms with Gasteiger partial charge in [0.05, 0.1) is 12.1 Å². The van der Waals surface area contributed by atoms with Gasteiger partial charge >= 0.3 is 5.97 Å². The molecule has 132 valence electrons. The van der Waals surface area contributed by atoms with Crippen LogP contribution < -0.4 is 9.47 Å². The van der Waals surface area contributed by atoms with Crippen LogP contribution in [-0.2, 0) is 4.79 Å². The summed E-state index contributed by atoms with van der Waals surface area (Å²) in [6.07, 6.45) is 2.04. The number of hydrogen-bond acceptors (Lipinski definition) is 6. The molecule has 1 aromatic heterocycles. The quantitative estimate of drug-likeness (QED) is 0.877. The second-order valence-electron chi connectivity index (χ2n) is 5.67. The Kier molecular flexibility index (Phi) is 4.82. The first-order valence-electron chi connectivity index (χ1n) is 7.50. The van der Waals surface area contributed by atoms with Crippen molar-refractivity contribution in [1.29, 1.82) is 0 Å². The molecule has 0 spiro atoms. The van der Waals surface area contributed by atoms with E-state index in [0.29, 0.717) is 34.3 Å². The lowest BCUT2D eigenvalue weighted by Gasteiger charge is -2.13. The van der Waals surface area contributed by atoms with Crippen LogP contribution >= 0.6 is 23.7 Å². The third-order valence-electron chi connectivity index (χ3n) is 4.16. The highest BCUT2D eigenvalue weighted by Crippen LogP contribution is 2.37. The molecule has 2 aliphatic rings. The molecule has 25 heavy (non-hydrogen) atoms. The Morgan fingerprint density at radius 3 is 2.84 bits per heavy atom. The summed E-state index contributed by atoms with van der Waals surface area (Å²) in [5.41, 5.74) is 0.855. The molecule has 9 heteroatoms. The van der Waals surface area contributed by atoms with E-state index < -0.39 is 11.9 Å². The number of rotatable bonds is 3. The lowest BCUT2D eigenvalue weighted by atomic mass is 10.1. The molecule has 1 aromatic carbocycles. The lowest BCUT2D eigenvalue weighted by Crippen LogP contribution is -2.29. The number of fused-ring (bicyclic) bond motifs is 1. The normalized spacial score (nSPS) is 18.1.